The molecular weight excluding hydrogens is 631 g/mol. The Morgan fingerprint density at radius 1 is 0.387 bits per heavy atom. The van der Waals surface area contributed by atoms with E-state index in [1.54, 1.807) is 0 Å². The molecule has 0 saturated carbocycles. The van der Waals surface area contributed by atoms with Gasteiger partial charge in [-0.2, -0.15) is 10.5 Å². The van der Waals surface area contributed by atoms with Gasteiger partial charge in [-0.05, 0) is 0 Å². The number of aliphatic hydroxyl groups is 2. The Balaban J connectivity index is -0.00000000685. The molecule has 0 fully saturated rings. The summed E-state index contributed by atoms with van der Waals surface area (Å²) < 4.78 is 15.9. The van der Waals surface area contributed by atoms with Crippen LogP contribution in [0.3, 0.4) is 0 Å². The van der Waals surface area contributed by atoms with E-state index in [1.807, 2.05) is 0 Å². The van der Waals surface area contributed by atoms with Gasteiger partial charge < -0.3 is 129 Å². The zero-order valence-electron chi connectivity index (χ0n) is 14.5. The van der Waals surface area contributed by atoms with Crippen molar-refractivity contribution in [2.75, 3.05) is 0 Å². The van der Waals surface area contributed by atoms with Gasteiger partial charge in [0.25, 0.3) is 12.5 Å². The van der Waals surface area contributed by atoms with Gasteiger partial charge in [0, 0.05) is 0 Å². The second kappa shape index (κ2) is 2860. The number of hydrogen-bond donors (Lipinski definition) is 2. The summed E-state index contributed by atoms with van der Waals surface area (Å²) in [5.74, 6) is 0. The molecule has 0 aliphatic heterocycles. The van der Waals surface area contributed by atoms with E-state index < -0.39 is 0 Å². The van der Waals surface area contributed by atoms with Gasteiger partial charge in [0.15, 0.2) is 0 Å². The molecule has 0 radical (unpaired) electrons. The predicted molar refractivity (Wildman–Crippen MR) is 71.9 cm³/mol. The molecule has 0 saturated heterocycles. The molecule has 16 nitrogen and oxygen atoms in total. The van der Waals surface area contributed by atoms with Crippen LogP contribution < -0.4 is 0 Å². The van der Waals surface area contributed by atoms with Crippen LogP contribution in [0.15, 0.2) is 0 Å². The third-order valence-electron chi connectivity index (χ3n) is 0. The van der Waals surface area contributed by atoms with Crippen molar-refractivity contribution >= 4 is 48.9 Å². The molecule has 0 aromatic carbocycles. The fraction of sp³-hybridized carbons (Fsp3) is 0. The van der Waals surface area contributed by atoms with Crippen LogP contribution in [0.4, 0.5) is 0 Å². The molecule has 0 heterocycles. The van der Waals surface area contributed by atoms with E-state index in [2.05, 4.69) is 31.3 Å². The minimum atomic E-state index is 0. The Kier molecular flexibility index (Phi) is 11900. The molecular formula is C12H2BaCo2N12O4-8. The van der Waals surface area contributed by atoms with Crippen LogP contribution >= 0.6 is 0 Å². The summed E-state index contributed by atoms with van der Waals surface area (Å²) in [5, 5.41) is 90.0. The molecule has 0 amide bonds. The molecule has 31 heavy (non-hydrogen) atoms. The van der Waals surface area contributed by atoms with Gasteiger partial charge in [0.1, 0.15) is 0 Å². The summed E-state index contributed by atoms with van der Waals surface area (Å²) in [6, 6.07) is 0. The number of nitriles is 2. The van der Waals surface area contributed by atoms with Crippen LogP contribution in [0, 0.1) is 141 Å². The van der Waals surface area contributed by atoms with Crippen molar-refractivity contribution in [2.24, 2.45) is 0 Å². The first kappa shape index (κ1) is 129. The summed E-state index contributed by atoms with van der Waals surface area (Å²) in [6.45, 7) is 47.5. The van der Waals surface area contributed by atoms with Gasteiger partial charge in [-0.25, -0.2) is 0 Å². The summed E-state index contributed by atoms with van der Waals surface area (Å²) >= 11 is 4.62. The molecule has 0 aliphatic rings. The van der Waals surface area contributed by atoms with Crippen LogP contribution in [0.25, 0.3) is 0 Å². The molecule has 0 rings (SSSR count). The zero-order chi connectivity index (χ0) is 29.4. The topological polar surface area (TPSA) is 360 Å². The first-order valence-electron chi connectivity index (χ1n) is 3.40. The minimum absolute atomic E-state index is 0. The summed E-state index contributed by atoms with van der Waals surface area (Å²) in [6.07, 6.45) is 1.50. The van der Waals surface area contributed by atoms with E-state index in [4.69, 9.17) is 147 Å². The maximum atomic E-state index is 7.94. The summed E-state index contributed by atoms with van der Waals surface area (Å²) in [4.78, 5) is 0. The number of aliphatic hydroxyl groups excluding tert-OH is 2. The molecule has 0 atom stereocenters. The van der Waals surface area contributed by atoms with Crippen molar-refractivity contribution in [2.45, 2.75) is 0 Å². The maximum absolute atomic E-state index is 7.94. The average molecular weight is 633 g/mol. The van der Waals surface area contributed by atoms with Crippen molar-refractivity contribution in [1.29, 1.82) is 63.1 Å². The second-order valence-electron chi connectivity index (χ2n) is 0.200. The first-order valence-corrected chi connectivity index (χ1v) is 4.25. The quantitative estimate of drug-likeness (QED) is 0.201. The monoisotopic (exact) mass is 634 g/mol. The van der Waals surface area contributed by atoms with E-state index in [1.165, 1.54) is 0 Å². The predicted octanol–water partition coefficient (Wildman–Crippen LogP) is 0.0203. The Labute approximate surface area is 237 Å². The van der Waals surface area contributed by atoms with E-state index in [9.17, 15) is 0 Å². The van der Waals surface area contributed by atoms with Crippen LogP contribution in [-0.4, -0.2) is 59.1 Å². The van der Waals surface area contributed by atoms with Gasteiger partial charge in [-0.3, -0.25) is 0 Å². The van der Waals surface area contributed by atoms with Crippen LogP contribution in [0.1, 0.15) is 0 Å². The fourth-order valence-corrected chi connectivity index (χ4v) is 0. The van der Waals surface area contributed by atoms with Crippen molar-refractivity contribution in [3.63, 3.8) is 0 Å². The molecule has 0 aromatic heterocycles. The van der Waals surface area contributed by atoms with Crippen molar-refractivity contribution in [3.8, 4) is 12.5 Å². The average Bonchev–Trinajstić information content (AvgIpc) is 2.94. The van der Waals surface area contributed by atoms with Gasteiger partial charge >= 0.3 is 87.9 Å². The van der Waals surface area contributed by atoms with E-state index in [0.717, 1.165) is 12.5 Å². The Morgan fingerprint density at radius 2 is 0.387 bits per heavy atom. The van der Waals surface area contributed by atoms with Gasteiger partial charge in [0.05, 0.1) is 0 Å². The molecule has 0 aliphatic carbocycles. The van der Waals surface area contributed by atoms with E-state index in [0.29, 0.717) is 0 Å². The molecule has 162 valence electrons. The second-order valence-corrected chi connectivity index (χ2v) is 0.200. The zero-order valence-corrected chi connectivity index (χ0v) is 21.0. The third-order valence-corrected chi connectivity index (χ3v) is 0. The Hall–Kier alpha value is -4.34. The van der Waals surface area contributed by atoms with Crippen molar-refractivity contribution in [1.82, 2.24) is 0 Å². The van der Waals surface area contributed by atoms with Gasteiger partial charge in [-0.1, -0.05) is 0 Å². The molecule has 19 heteroatoms. The van der Waals surface area contributed by atoms with Crippen molar-refractivity contribution in [3.05, 3.63) is 65.7 Å². The van der Waals surface area contributed by atoms with Crippen molar-refractivity contribution < 1.29 is 49.3 Å². The SMILES string of the molecule is N#CO.N#CO.[Ba+2].[C-]#N.[C-]#N.[C-]#N.[C-]#N.[C-]#N.[C-]#N.[C-]#N.[C-]#N.[C-]#N.[C-]#N.[O]=[Co].[O]=[Co]. The third kappa shape index (κ3) is 765. The molecule has 0 bridgehead atoms. The number of hydrogen-bond acceptors (Lipinski definition) is 16. The summed E-state index contributed by atoms with van der Waals surface area (Å²) in [7, 11) is 0. The van der Waals surface area contributed by atoms with Crippen LogP contribution in [0.2, 0.25) is 0 Å². The number of nitrogens with zero attached hydrogens (tertiary/aromatic N) is 12. The van der Waals surface area contributed by atoms with Gasteiger partial charge in [-0.15, -0.1) is 0 Å². The normalized spacial score (nSPS) is 1.42. The summed E-state index contributed by atoms with van der Waals surface area (Å²) in [5.41, 5.74) is 0. The Bertz CT molecular complexity index is 358. The van der Waals surface area contributed by atoms with E-state index in [-0.39, 0.29) is 48.9 Å². The number of rotatable bonds is 0. The standard InChI is InChI=1S/2CHNO.10CN.Ba.2Co.2O/c2*2-1-3;10*1-2;;;;;/h2*3H;;;;;;;;;;;;;;;/q;;10*-1;+2;;;;. The Morgan fingerprint density at radius 3 is 0.387 bits per heavy atom. The van der Waals surface area contributed by atoms with Crippen LogP contribution in [0.5, 0.6) is 0 Å². The first-order chi connectivity index (χ1) is 14.8. The molecule has 0 aromatic rings. The van der Waals surface area contributed by atoms with Crippen LogP contribution in [-0.2, 0) is 39.1 Å². The fourth-order valence-electron chi connectivity index (χ4n) is 0. The molecule has 0 spiro atoms. The van der Waals surface area contributed by atoms with Gasteiger partial charge in [0.2, 0.25) is 0 Å². The van der Waals surface area contributed by atoms with E-state index >= 15 is 0 Å². The molecule has 2 N–H and O–H groups in total. The molecule has 0 unspecified atom stereocenters.